The molecule has 0 aliphatic carbocycles. The van der Waals surface area contributed by atoms with Gasteiger partial charge in [0.1, 0.15) is 23.8 Å². The molecule has 222 valence electrons. The molecule has 3 N–H and O–H groups in total. The SMILES string of the molecule is CC(C)C(=O)OCOc1c(C(N)=O)ccnc1C(=O)N[C@@H](C)C(=O)OC(C)C(c1ccc(F)cc1)c1ccc(F)cc1. The normalized spacial score (nSPS) is 12.4. The molecule has 2 atom stereocenters. The highest BCUT2D eigenvalue weighted by molar-refractivity contribution is 6.03. The van der Waals surface area contributed by atoms with Gasteiger partial charge in [0.2, 0.25) is 6.79 Å². The number of carbonyl (C=O) groups excluding carboxylic acids is 4. The molecule has 1 heterocycles. The monoisotopic (exact) mass is 583 g/mol. The average Bonchev–Trinajstić information content (AvgIpc) is 2.94. The van der Waals surface area contributed by atoms with E-state index in [2.05, 4.69) is 10.3 Å². The second-order valence-electron chi connectivity index (χ2n) is 9.70. The topological polar surface area (TPSA) is 147 Å². The van der Waals surface area contributed by atoms with E-state index in [1.165, 1.54) is 61.5 Å². The zero-order valence-corrected chi connectivity index (χ0v) is 23.4. The minimum absolute atomic E-state index is 0.193. The molecule has 0 saturated carbocycles. The Bertz CT molecular complexity index is 1380. The summed E-state index contributed by atoms with van der Waals surface area (Å²) in [7, 11) is 0. The number of pyridine rings is 1. The van der Waals surface area contributed by atoms with E-state index in [1.54, 1.807) is 20.8 Å². The third-order valence-corrected chi connectivity index (χ3v) is 6.19. The number of carbonyl (C=O) groups is 4. The molecule has 2 aromatic carbocycles. The number of nitrogens with two attached hydrogens (primary N) is 1. The quantitative estimate of drug-likeness (QED) is 0.241. The molecule has 0 aliphatic heterocycles. The first-order chi connectivity index (χ1) is 19.9. The average molecular weight is 584 g/mol. The maximum atomic E-state index is 13.6. The number of aromatic nitrogens is 1. The van der Waals surface area contributed by atoms with Crippen molar-refractivity contribution in [3.05, 3.63) is 94.8 Å². The van der Waals surface area contributed by atoms with Crippen LogP contribution in [0, 0.1) is 17.6 Å². The van der Waals surface area contributed by atoms with Crippen LogP contribution in [0.5, 0.6) is 5.75 Å². The Balaban J connectivity index is 1.77. The van der Waals surface area contributed by atoms with Crippen molar-refractivity contribution >= 4 is 23.8 Å². The lowest BCUT2D eigenvalue weighted by atomic mass is 9.87. The molecule has 1 unspecified atom stereocenters. The molecular formula is C30H31F2N3O7. The van der Waals surface area contributed by atoms with Gasteiger partial charge in [0, 0.05) is 12.1 Å². The summed E-state index contributed by atoms with van der Waals surface area (Å²) in [6, 6.07) is 11.2. The first-order valence-electron chi connectivity index (χ1n) is 13.0. The van der Waals surface area contributed by atoms with Gasteiger partial charge in [0.15, 0.2) is 11.4 Å². The predicted molar refractivity (Wildman–Crippen MR) is 146 cm³/mol. The Kier molecular flexibility index (Phi) is 10.7. The summed E-state index contributed by atoms with van der Waals surface area (Å²) in [4.78, 5) is 53.8. The molecule has 0 radical (unpaired) electrons. The number of nitrogens with one attached hydrogen (secondary N) is 1. The zero-order chi connectivity index (χ0) is 31.0. The van der Waals surface area contributed by atoms with Gasteiger partial charge >= 0.3 is 11.9 Å². The third kappa shape index (κ3) is 8.09. The van der Waals surface area contributed by atoms with Crippen LogP contribution in [-0.4, -0.2) is 47.7 Å². The lowest BCUT2D eigenvalue weighted by Crippen LogP contribution is -2.42. The molecule has 0 bridgehead atoms. The summed E-state index contributed by atoms with van der Waals surface area (Å²) < 4.78 is 43.2. The van der Waals surface area contributed by atoms with E-state index in [-0.39, 0.29) is 17.0 Å². The number of primary amides is 1. The molecule has 0 aliphatic rings. The van der Waals surface area contributed by atoms with Crippen LogP contribution in [0.2, 0.25) is 0 Å². The summed E-state index contributed by atoms with van der Waals surface area (Å²) >= 11 is 0. The summed E-state index contributed by atoms with van der Waals surface area (Å²) in [5.41, 5.74) is 6.07. The van der Waals surface area contributed by atoms with E-state index in [1.807, 2.05) is 0 Å². The Labute approximate surface area is 241 Å². The van der Waals surface area contributed by atoms with Crippen molar-refractivity contribution in [3.8, 4) is 5.75 Å². The van der Waals surface area contributed by atoms with Crippen LogP contribution < -0.4 is 15.8 Å². The number of halogens is 2. The lowest BCUT2D eigenvalue weighted by molar-refractivity contribution is -0.154. The molecule has 3 rings (SSSR count). The van der Waals surface area contributed by atoms with Gasteiger partial charge in [0.25, 0.3) is 11.8 Å². The number of ether oxygens (including phenoxy) is 3. The Hall–Kier alpha value is -4.87. The number of benzene rings is 2. The first kappa shape index (κ1) is 31.7. The predicted octanol–water partition coefficient (Wildman–Crippen LogP) is 3.88. The van der Waals surface area contributed by atoms with Gasteiger partial charge in [-0.15, -0.1) is 0 Å². The molecule has 0 fully saturated rings. The van der Waals surface area contributed by atoms with Gasteiger partial charge in [-0.05, 0) is 55.3 Å². The zero-order valence-electron chi connectivity index (χ0n) is 23.4. The lowest BCUT2D eigenvalue weighted by Gasteiger charge is -2.26. The van der Waals surface area contributed by atoms with Crippen LogP contribution >= 0.6 is 0 Å². The van der Waals surface area contributed by atoms with E-state index in [9.17, 15) is 28.0 Å². The van der Waals surface area contributed by atoms with E-state index in [0.717, 1.165) is 6.20 Å². The summed E-state index contributed by atoms with van der Waals surface area (Å²) in [5, 5.41) is 2.44. The third-order valence-electron chi connectivity index (χ3n) is 6.19. The fourth-order valence-electron chi connectivity index (χ4n) is 4.02. The minimum atomic E-state index is -1.20. The second kappa shape index (κ2) is 14.2. The van der Waals surface area contributed by atoms with Crippen molar-refractivity contribution in [1.29, 1.82) is 0 Å². The van der Waals surface area contributed by atoms with E-state index >= 15 is 0 Å². The largest absolute Gasteiger partial charge is 0.460 e. The molecule has 0 spiro atoms. The van der Waals surface area contributed by atoms with Gasteiger partial charge in [0.05, 0.1) is 11.5 Å². The number of hydrogen-bond donors (Lipinski definition) is 2. The molecule has 1 aromatic heterocycles. The van der Waals surface area contributed by atoms with Crippen molar-refractivity contribution in [2.45, 2.75) is 45.8 Å². The van der Waals surface area contributed by atoms with Gasteiger partial charge in [-0.1, -0.05) is 38.1 Å². The van der Waals surface area contributed by atoms with Gasteiger partial charge < -0.3 is 25.3 Å². The Morgan fingerprint density at radius 2 is 1.40 bits per heavy atom. The van der Waals surface area contributed by atoms with Gasteiger partial charge in [-0.25, -0.2) is 18.6 Å². The summed E-state index contributed by atoms with van der Waals surface area (Å²) in [6.45, 7) is 5.60. The van der Waals surface area contributed by atoms with Gasteiger partial charge in [-0.2, -0.15) is 0 Å². The number of rotatable bonds is 12. The van der Waals surface area contributed by atoms with Crippen LogP contribution in [0.15, 0.2) is 60.8 Å². The van der Waals surface area contributed by atoms with Crippen LogP contribution in [0.4, 0.5) is 8.78 Å². The molecule has 10 nitrogen and oxygen atoms in total. The van der Waals surface area contributed by atoms with Crippen molar-refractivity contribution in [1.82, 2.24) is 10.3 Å². The first-order valence-corrected chi connectivity index (χ1v) is 13.0. The van der Waals surface area contributed by atoms with Crippen LogP contribution in [-0.2, 0) is 19.1 Å². The fourth-order valence-corrected chi connectivity index (χ4v) is 4.02. The molecule has 0 saturated heterocycles. The van der Waals surface area contributed by atoms with Crippen molar-refractivity contribution < 1.29 is 42.2 Å². The molecule has 42 heavy (non-hydrogen) atoms. The standard InChI is InChI=1S/C30H31F2N3O7/c1-16(2)29(38)41-15-40-26-23(27(33)36)13-14-34-25(26)28(37)35-17(3)30(39)42-18(4)24(19-5-9-21(31)10-6-19)20-7-11-22(32)12-8-20/h5-14,16-18,24H,15H2,1-4H3,(H2,33,36)(H,35,37)/t17-,18?/m0/s1. The Morgan fingerprint density at radius 3 is 1.90 bits per heavy atom. The number of esters is 2. The highest BCUT2D eigenvalue weighted by Crippen LogP contribution is 2.30. The second-order valence-corrected chi connectivity index (χ2v) is 9.70. The molecule has 2 amide bonds. The Morgan fingerprint density at radius 1 is 0.857 bits per heavy atom. The summed E-state index contributed by atoms with van der Waals surface area (Å²) in [5.74, 6) is -5.47. The highest BCUT2D eigenvalue weighted by Gasteiger charge is 2.29. The van der Waals surface area contributed by atoms with Crippen LogP contribution in [0.3, 0.4) is 0 Å². The molecule has 3 aromatic rings. The smallest absolute Gasteiger partial charge is 0.328 e. The maximum Gasteiger partial charge on any atom is 0.328 e. The van der Waals surface area contributed by atoms with Crippen molar-refractivity contribution in [2.24, 2.45) is 11.7 Å². The van der Waals surface area contributed by atoms with Crippen molar-refractivity contribution in [3.63, 3.8) is 0 Å². The minimum Gasteiger partial charge on any atom is -0.460 e. The van der Waals surface area contributed by atoms with Crippen LogP contribution in [0.25, 0.3) is 0 Å². The van der Waals surface area contributed by atoms with Crippen LogP contribution in [0.1, 0.15) is 65.6 Å². The highest BCUT2D eigenvalue weighted by atomic mass is 19.1. The maximum absolute atomic E-state index is 13.6. The van der Waals surface area contributed by atoms with Gasteiger partial charge in [-0.3, -0.25) is 14.4 Å². The van der Waals surface area contributed by atoms with E-state index in [0.29, 0.717) is 11.1 Å². The number of hydrogen-bond acceptors (Lipinski definition) is 8. The van der Waals surface area contributed by atoms with E-state index in [4.69, 9.17) is 19.9 Å². The van der Waals surface area contributed by atoms with E-state index < -0.39 is 66.2 Å². The fraction of sp³-hybridized carbons (Fsp3) is 0.300. The number of amides is 2. The summed E-state index contributed by atoms with van der Waals surface area (Å²) in [6.07, 6.45) is 0.335. The molecule has 12 heteroatoms. The number of nitrogens with zero attached hydrogens (tertiary/aromatic N) is 1. The van der Waals surface area contributed by atoms with Crippen molar-refractivity contribution in [2.75, 3.05) is 6.79 Å². The molecular weight excluding hydrogens is 552 g/mol.